The van der Waals surface area contributed by atoms with Gasteiger partial charge in [0.1, 0.15) is 11.5 Å². The normalized spacial score (nSPS) is 23.4. The van der Waals surface area contributed by atoms with Crippen LogP contribution in [0.1, 0.15) is 17.3 Å². The fourth-order valence-electron chi connectivity index (χ4n) is 2.09. The number of hydrogen-bond donors (Lipinski definition) is 3. The molecule has 4 N–H and O–H groups in total. The summed E-state index contributed by atoms with van der Waals surface area (Å²) in [7, 11) is 0. The number of carbonyl (C=O) groups excluding carboxylic acids is 1. The smallest absolute Gasteiger partial charge is 0.258 e. The van der Waals surface area contributed by atoms with Crippen LogP contribution in [0.15, 0.2) is 18.2 Å². The van der Waals surface area contributed by atoms with Gasteiger partial charge in [-0.15, -0.1) is 0 Å². The maximum absolute atomic E-state index is 12.4. The number of aromatic hydroxyl groups is 2. The van der Waals surface area contributed by atoms with Crippen molar-refractivity contribution in [2.75, 3.05) is 19.7 Å². The summed E-state index contributed by atoms with van der Waals surface area (Å²) in [6.07, 6.45) is -0.195. The third-order valence-electron chi connectivity index (χ3n) is 3.24. The van der Waals surface area contributed by atoms with E-state index in [0.717, 1.165) is 0 Å². The lowest BCUT2D eigenvalue weighted by Gasteiger charge is -2.37. The topological polar surface area (TPSA) is 96.0 Å². The maximum atomic E-state index is 12.4. The van der Waals surface area contributed by atoms with Crippen LogP contribution < -0.4 is 5.73 Å². The summed E-state index contributed by atoms with van der Waals surface area (Å²) in [4.78, 5) is 14.0. The van der Waals surface area contributed by atoms with E-state index < -0.39 is 0 Å². The summed E-state index contributed by atoms with van der Waals surface area (Å²) in [6, 6.07) is 3.79. The minimum absolute atomic E-state index is 0.0579. The highest BCUT2D eigenvalue weighted by molar-refractivity contribution is 5.97. The molecule has 0 aromatic heterocycles. The monoisotopic (exact) mass is 266 g/mol. The molecule has 0 aliphatic carbocycles. The largest absolute Gasteiger partial charge is 0.508 e. The molecule has 6 nitrogen and oxygen atoms in total. The number of phenols is 2. The molecule has 6 heteroatoms. The molecule has 1 aromatic carbocycles. The Labute approximate surface area is 111 Å². The number of rotatable bonds is 2. The van der Waals surface area contributed by atoms with Crippen molar-refractivity contribution in [2.24, 2.45) is 5.73 Å². The lowest BCUT2D eigenvalue weighted by atomic mass is 10.1. The van der Waals surface area contributed by atoms with E-state index >= 15 is 0 Å². The molecular weight excluding hydrogens is 248 g/mol. The number of hydrogen-bond acceptors (Lipinski definition) is 5. The van der Waals surface area contributed by atoms with E-state index in [9.17, 15) is 15.0 Å². The molecular formula is C13H18N2O4. The molecule has 2 unspecified atom stereocenters. The van der Waals surface area contributed by atoms with Crippen molar-refractivity contribution in [3.8, 4) is 11.5 Å². The zero-order valence-corrected chi connectivity index (χ0v) is 10.7. The van der Waals surface area contributed by atoms with Gasteiger partial charge in [0.05, 0.1) is 24.3 Å². The molecule has 0 radical (unpaired) electrons. The van der Waals surface area contributed by atoms with Crippen molar-refractivity contribution >= 4 is 5.91 Å². The zero-order chi connectivity index (χ0) is 14.0. The van der Waals surface area contributed by atoms with Gasteiger partial charge in [0.15, 0.2) is 0 Å². The van der Waals surface area contributed by atoms with Crippen LogP contribution in [0.2, 0.25) is 0 Å². The Morgan fingerprint density at radius 3 is 2.95 bits per heavy atom. The van der Waals surface area contributed by atoms with Crippen molar-refractivity contribution in [1.82, 2.24) is 4.90 Å². The van der Waals surface area contributed by atoms with Crippen molar-refractivity contribution in [3.05, 3.63) is 23.8 Å². The van der Waals surface area contributed by atoms with Crippen LogP contribution in [0.25, 0.3) is 0 Å². The second-order valence-electron chi connectivity index (χ2n) is 4.70. The highest BCUT2D eigenvalue weighted by Gasteiger charge is 2.30. The van der Waals surface area contributed by atoms with Crippen LogP contribution in [0.4, 0.5) is 0 Å². The Morgan fingerprint density at radius 1 is 1.53 bits per heavy atom. The second kappa shape index (κ2) is 5.46. The Hall–Kier alpha value is -1.79. The van der Waals surface area contributed by atoms with Gasteiger partial charge in [0.2, 0.25) is 0 Å². The Morgan fingerprint density at radius 2 is 2.26 bits per heavy atom. The van der Waals surface area contributed by atoms with Crippen LogP contribution in [-0.4, -0.2) is 52.9 Å². The molecule has 1 aliphatic rings. The average Bonchev–Trinajstić information content (AvgIpc) is 2.41. The fourth-order valence-corrected chi connectivity index (χ4v) is 2.09. The number of amides is 1. The van der Waals surface area contributed by atoms with Crippen LogP contribution in [-0.2, 0) is 4.74 Å². The van der Waals surface area contributed by atoms with Crippen molar-refractivity contribution in [1.29, 1.82) is 0 Å². The number of phenolic OH excluding ortho intramolecular Hbond substituents is 2. The molecule has 0 saturated carbocycles. The average molecular weight is 266 g/mol. The molecule has 1 amide bonds. The molecule has 1 aliphatic heterocycles. The lowest BCUT2D eigenvalue weighted by molar-refractivity contribution is -0.0426. The van der Waals surface area contributed by atoms with Gasteiger partial charge in [0.25, 0.3) is 5.91 Å². The van der Waals surface area contributed by atoms with E-state index in [1.807, 2.05) is 6.92 Å². The molecule has 2 rings (SSSR count). The molecule has 19 heavy (non-hydrogen) atoms. The number of benzene rings is 1. The van der Waals surface area contributed by atoms with Gasteiger partial charge in [-0.1, -0.05) is 0 Å². The van der Waals surface area contributed by atoms with Gasteiger partial charge in [-0.05, 0) is 25.1 Å². The van der Waals surface area contributed by atoms with Gasteiger partial charge in [-0.2, -0.15) is 0 Å². The number of ether oxygens (including phenoxy) is 1. The van der Waals surface area contributed by atoms with Crippen LogP contribution in [0.5, 0.6) is 11.5 Å². The van der Waals surface area contributed by atoms with Crippen LogP contribution in [0.3, 0.4) is 0 Å². The number of nitrogens with zero attached hydrogens (tertiary/aromatic N) is 1. The predicted molar refractivity (Wildman–Crippen MR) is 69.1 cm³/mol. The van der Waals surface area contributed by atoms with Gasteiger partial charge in [0, 0.05) is 13.1 Å². The fraction of sp³-hybridized carbons (Fsp3) is 0.462. The van der Waals surface area contributed by atoms with Crippen LogP contribution in [0, 0.1) is 0 Å². The minimum Gasteiger partial charge on any atom is -0.508 e. The van der Waals surface area contributed by atoms with E-state index in [4.69, 9.17) is 10.5 Å². The molecule has 2 atom stereocenters. The van der Waals surface area contributed by atoms with Gasteiger partial charge < -0.3 is 25.6 Å². The predicted octanol–water partition coefficient (Wildman–Crippen LogP) is 0.286. The van der Waals surface area contributed by atoms with E-state index in [1.165, 1.54) is 18.2 Å². The van der Waals surface area contributed by atoms with Crippen molar-refractivity contribution < 1.29 is 19.7 Å². The third-order valence-corrected chi connectivity index (χ3v) is 3.24. The molecule has 1 aromatic rings. The summed E-state index contributed by atoms with van der Waals surface area (Å²) in [5.74, 6) is -0.536. The number of carbonyl (C=O) groups is 1. The Kier molecular flexibility index (Phi) is 3.92. The minimum atomic E-state index is -0.331. The van der Waals surface area contributed by atoms with Crippen molar-refractivity contribution in [2.45, 2.75) is 19.1 Å². The SMILES string of the molecule is CC1COC(CN)CN1C(=O)c1cc(O)ccc1O. The first-order valence-electron chi connectivity index (χ1n) is 6.17. The van der Waals surface area contributed by atoms with Gasteiger partial charge >= 0.3 is 0 Å². The molecule has 1 saturated heterocycles. The molecule has 0 bridgehead atoms. The van der Waals surface area contributed by atoms with Gasteiger partial charge in [-0.3, -0.25) is 4.79 Å². The van der Waals surface area contributed by atoms with Crippen molar-refractivity contribution in [3.63, 3.8) is 0 Å². The number of morpholine rings is 1. The van der Waals surface area contributed by atoms with E-state index in [0.29, 0.717) is 19.7 Å². The van der Waals surface area contributed by atoms with Crippen LogP contribution >= 0.6 is 0 Å². The molecule has 1 heterocycles. The molecule has 0 spiro atoms. The van der Waals surface area contributed by atoms with E-state index in [1.54, 1.807) is 4.90 Å². The van der Waals surface area contributed by atoms with E-state index in [-0.39, 0.29) is 35.1 Å². The Balaban J connectivity index is 2.24. The summed E-state index contributed by atoms with van der Waals surface area (Å²) < 4.78 is 5.48. The molecule has 1 fully saturated rings. The number of nitrogens with two attached hydrogens (primary N) is 1. The first kappa shape index (κ1) is 13.6. The summed E-state index contributed by atoms with van der Waals surface area (Å²) in [5, 5.41) is 19.2. The standard InChI is InChI=1S/C13H18N2O4/c1-8-7-19-10(5-14)6-15(8)13(18)11-4-9(16)2-3-12(11)17/h2-4,8,10,16-17H,5-7,14H2,1H3. The summed E-state index contributed by atoms with van der Waals surface area (Å²) in [5.41, 5.74) is 5.64. The first-order chi connectivity index (χ1) is 9.02. The zero-order valence-electron chi connectivity index (χ0n) is 10.7. The molecule has 104 valence electrons. The first-order valence-corrected chi connectivity index (χ1v) is 6.17. The quantitative estimate of drug-likeness (QED) is 0.668. The van der Waals surface area contributed by atoms with E-state index in [2.05, 4.69) is 0 Å². The highest BCUT2D eigenvalue weighted by Crippen LogP contribution is 2.25. The summed E-state index contributed by atoms with van der Waals surface area (Å²) in [6.45, 7) is 2.99. The van der Waals surface area contributed by atoms with Gasteiger partial charge in [-0.25, -0.2) is 0 Å². The second-order valence-corrected chi connectivity index (χ2v) is 4.70. The lowest BCUT2D eigenvalue weighted by Crippen LogP contribution is -2.52. The highest BCUT2D eigenvalue weighted by atomic mass is 16.5. The maximum Gasteiger partial charge on any atom is 0.258 e. The summed E-state index contributed by atoms with van der Waals surface area (Å²) >= 11 is 0. The third kappa shape index (κ3) is 2.80. The Bertz CT molecular complexity index is 478.